The molecule has 0 saturated carbocycles. The minimum absolute atomic E-state index is 0.297. The van der Waals surface area contributed by atoms with Gasteiger partial charge in [0.25, 0.3) is 0 Å². The van der Waals surface area contributed by atoms with Crippen molar-refractivity contribution in [1.29, 1.82) is 0 Å². The first-order chi connectivity index (χ1) is 6.57. The molecule has 0 bridgehead atoms. The lowest BCUT2D eigenvalue weighted by molar-refractivity contribution is 0.534. The van der Waals surface area contributed by atoms with Gasteiger partial charge in [0.1, 0.15) is 5.82 Å². The van der Waals surface area contributed by atoms with Crippen molar-refractivity contribution in [3.63, 3.8) is 0 Å². The molecular weight excluding hydrogens is 178 g/mol. The summed E-state index contributed by atoms with van der Waals surface area (Å²) in [6.45, 7) is 7.34. The number of aryl methyl sites for hydroxylation is 1. The number of anilines is 2. The summed E-state index contributed by atoms with van der Waals surface area (Å²) in [6, 6.07) is 0.297. The molecule has 0 radical (unpaired) electrons. The zero-order valence-electron chi connectivity index (χ0n) is 9.04. The highest BCUT2D eigenvalue weighted by Crippen LogP contribution is 2.24. The standard InChI is InChI=1S/C9H19N5/c1-6(2)14-9(12-5-4-10)8(11)7(3)13-14/h6,12H,4-5,10-11H2,1-3H3. The van der Waals surface area contributed by atoms with Crippen LogP contribution in [0.5, 0.6) is 0 Å². The van der Waals surface area contributed by atoms with E-state index in [-0.39, 0.29) is 0 Å². The third-order valence-corrected chi connectivity index (χ3v) is 2.06. The fourth-order valence-corrected chi connectivity index (χ4v) is 1.30. The Morgan fingerprint density at radius 1 is 1.50 bits per heavy atom. The van der Waals surface area contributed by atoms with Crippen LogP contribution in [0, 0.1) is 6.92 Å². The Labute approximate surface area is 84.5 Å². The van der Waals surface area contributed by atoms with Gasteiger partial charge in [0.2, 0.25) is 0 Å². The highest BCUT2D eigenvalue weighted by Gasteiger charge is 2.13. The summed E-state index contributed by atoms with van der Waals surface area (Å²) < 4.78 is 1.89. The molecule has 0 aliphatic rings. The van der Waals surface area contributed by atoms with E-state index in [1.165, 1.54) is 0 Å². The first-order valence-electron chi connectivity index (χ1n) is 4.86. The molecule has 1 aromatic rings. The topological polar surface area (TPSA) is 81.9 Å². The summed E-state index contributed by atoms with van der Waals surface area (Å²) in [5.41, 5.74) is 12.9. The van der Waals surface area contributed by atoms with Crippen LogP contribution in [0.3, 0.4) is 0 Å². The van der Waals surface area contributed by atoms with Crippen LogP contribution in [0.15, 0.2) is 0 Å². The number of nitrogens with zero attached hydrogens (tertiary/aromatic N) is 2. The predicted molar refractivity (Wildman–Crippen MR) is 59.3 cm³/mol. The fourth-order valence-electron chi connectivity index (χ4n) is 1.30. The number of nitrogens with two attached hydrogens (primary N) is 2. The molecule has 0 aliphatic carbocycles. The first kappa shape index (κ1) is 10.8. The Kier molecular flexibility index (Phi) is 3.35. The highest BCUT2D eigenvalue weighted by atomic mass is 15.4. The van der Waals surface area contributed by atoms with E-state index in [0.29, 0.717) is 24.8 Å². The monoisotopic (exact) mass is 197 g/mol. The second-order valence-corrected chi connectivity index (χ2v) is 3.60. The SMILES string of the molecule is Cc1nn(C(C)C)c(NCCN)c1N. The minimum Gasteiger partial charge on any atom is -0.394 e. The number of hydrogen-bond donors (Lipinski definition) is 3. The normalized spacial score (nSPS) is 10.9. The number of nitrogens with one attached hydrogen (secondary N) is 1. The summed E-state index contributed by atoms with van der Waals surface area (Å²) in [6.07, 6.45) is 0. The van der Waals surface area contributed by atoms with E-state index in [1.807, 2.05) is 11.6 Å². The highest BCUT2D eigenvalue weighted by molar-refractivity contribution is 5.64. The maximum Gasteiger partial charge on any atom is 0.148 e. The first-order valence-corrected chi connectivity index (χ1v) is 4.86. The van der Waals surface area contributed by atoms with Gasteiger partial charge < -0.3 is 16.8 Å². The van der Waals surface area contributed by atoms with Gasteiger partial charge in [-0.3, -0.25) is 0 Å². The van der Waals surface area contributed by atoms with Crippen molar-refractivity contribution in [3.05, 3.63) is 5.69 Å². The van der Waals surface area contributed by atoms with Crippen LogP contribution >= 0.6 is 0 Å². The van der Waals surface area contributed by atoms with Gasteiger partial charge >= 0.3 is 0 Å². The molecule has 14 heavy (non-hydrogen) atoms. The molecule has 5 N–H and O–H groups in total. The summed E-state index contributed by atoms with van der Waals surface area (Å²) in [4.78, 5) is 0. The van der Waals surface area contributed by atoms with Gasteiger partial charge in [-0.05, 0) is 20.8 Å². The number of rotatable bonds is 4. The zero-order chi connectivity index (χ0) is 10.7. The van der Waals surface area contributed by atoms with Crippen molar-refractivity contribution < 1.29 is 0 Å². The molecule has 0 amide bonds. The lowest BCUT2D eigenvalue weighted by Crippen LogP contribution is -2.17. The van der Waals surface area contributed by atoms with Gasteiger partial charge in [-0.1, -0.05) is 0 Å². The molecule has 0 fully saturated rings. The molecular formula is C9H19N5. The average molecular weight is 197 g/mol. The van der Waals surface area contributed by atoms with Crippen LogP contribution in [0.1, 0.15) is 25.6 Å². The van der Waals surface area contributed by atoms with Crippen LogP contribution < -0.4 is 16.8 Å². The smallest absolute Gasteiger partial charge is 0.148 e. The number of hydrogen-bond acceptors (Lipinski definition) is 4. The molecule has 80 valence electrons. The maximum absolute atomic E-state index is 5.90. The van der Waals surface area contributed by atoms with Gasteiger partial charge in [-0.2, -0.15) is 5.10 Å². The molecule has 1 heterocycles. The third-order valence-electron chi connectivity index (χ3n) is 2.06. The Balaban J connectivity index is 2.97. The van der Waals surface area contributed by atoms with Crippen molar-refractivity contribution in [3.8, 4) is 0 Å². The zero-order valence-corrected chi connectivity index (χ0v) is 9.04. The summed E-state index contributed by atoms with van der Waals surface area (Å²) in [5, 5.41) is 7.53. The molecule has 0 aromatic carbocycles. The second kappa shape index (κ2) is 4.32. The van der Waals surface area contributed by atoms with Crippen molar-refractivity contribution in [1.82, 2.24) is 9.78 Å². The molecule has 0 atom stereocenters. The number of aromatic nitrogens is 2. The Hall–Kier alpha value is -1.23. The van der Waals surface area contributed by atoms with Crippen molar-refractivity contribution >= 4 is 11.5 Å². The molecule has 1 aromatic heterocycles. The van der Waals surface area contributed by atoms with Gasteiger partial charge in [0.05, 0.1) is 11.4 Å². The van der Waals surface area contributed by atoms with Crippen LogP contribution in [0.2, 0.25) is 0 Å². The van der Waals surface area contributed by atoms with Gasteiger partial charge in [-0.15, -0.1) is 0 Å². The lowest BCUT2D eigenvalue weighted by atomic mass is 10.3. The van der Waals surface area contributed by atoms with Crippen LogP contribution in [-0.4, -0.2) is 22.9 Å². The fraction of sp³-hybridized carbons (Fsp3) is 0.667. The molecule has 5 heteroatoms. The van der Waals surface area contributed by atoms with E-state index < -0.39 is 0 Å². The van der Waals surface area contributed by atoms with E-state index in [4.69, 9.17) is 11.5 Å². The molecule has 5 nitrogen and oxygen atoms in total. The maximum atomic E-state index is 5.90. The Bertz CT molecular complexity index is 302. The summed E-state index contributed by atoms with van der Waals surface area (Å²) >= 11 is 0. The molecule has 0 unspecified atom stereocenters. The van der Waals surface area contributed by atoms with E-state index >= 15 is 0 Å². The quantitative estimate of drug-likeness (QED) is 0.664. The van der Waals surface area contributed by atoms with Gasteiger partial charge in [-0.25, -0.2) is 4.68 Å². The van der Waals surface area contributed by atoms with Crippen molar-refractivity contribution in [2.45, 2.75) is 26.8 Å². The Morgan fingerprint density at radius 2 is 2.14 bits per heavy atom. The van der Waals surface area contributed by atoms with Crippen LogP contribution in [-0.2, 0) is 0 Å². The second-order valence-electron chi connectivity index (χ2n) is 3.60. The van der Waals surface area contributed by atoms with Crippen molar-refractivity contribution in [2.24, 2.45) is 5.73 Å². The van der Waals surface area contributed by atoms with Gasteiger partial charge in [0.15, 0.2) is 0 Å². The van der Waals surface area contributed by atoms with E-state index in [2.05, 4.69) is 24.3 Å². The lowest BCUT2D eigenvalue weighted by Gasteiger charge is -2.12. The molecule has 0 spiro atoms. The molecule has 0 aliphatic heterocycles. The minimum atomic E-state index is 0.297. The largest absolute Gasteiger partial charge is 0.394 e. The predicted octanol–water partition coefficient (Wildman–Crippen LogP) is 0.725. The summed E-state index contributed by atoms with van der Waals surface area (Å²) in [7, 11) is 0. The van der Waals surface area contributed by atoms with E-state index in [0.717, 1.165) is 11.5 Å². The van der Waals surface area contributed by atoms with Crippen LogP contribution in [0.25, 0.3) is 0 Å². The van der Waals surface area contributed by atoms with Crippen molar-refractivity contribution in [2.75, 3.05) is 24.1 Å². The van der Waals surface area contributed by atoms with E-state index in [1.54, 1.807) is 0 Å². The van der Waals surface area contributed by atoms with Crippen LogP contribution in [0.4, 0.5) is 11.5 Å². The summed E-state index contributed by atoms with van der Waals surface area (Å²) in [5.74, 6) is 0.878. The number of nitrogen functional groups attached to an aromatic ring is 1. The Morgan fingerprint density at radius 3 is 2.64 bits per heavy atom. The third kappa shape index (κ3) is 1.98. The molecule has 1 rings (SSSR count). The molecule has 0 saturated heterocycles. The van der Waals surface area contributed by atoms with E-state index in [9.17, 15) is 0 Å². The average Bonchev–Trinajstić information content (AvgIpc) is 2.41. The van der Waals surface area contributed by atoms with Gasteiger partial charge in [0, 0.05) is 19.1 Å².